The number of hydrogen-bond donors (Lipinski definition) is 0. The van der Waals surface area contributed by atoms with Crippen LogP contribution in [-0.2, 0) is 16.3 Å². The van der Waals surface area contributed by atoms with Crippen LogP contribution in [0.15, 0.2) is 0 Å². The first-order valence-electron chi connectivity index (χ1n) is 2.99. The van der Waals surface area contributed by atoms with Crippen LogP contribution in [0, 0.1) is 12.3 Å². The standard InChI is InChI=1S/C6H9OPS2/c1-3-6-4-5-8(9,7-2)10-6/h1,6H,4-5H2,2H3. The quantitative estimate of drug-likeness (QED) is 0.465. The molecule has 1 nitrogen and oxygen atoms in total. The van der Waals surface area contributed by atoms with Crippen LogP contribution in [0.4, 0.5) is 0 Å². The van der Waals surface area contributed by atoms with E-state index < -0.39 is 5.47 Å². The third-order valence-corrected chi connectivity index (χ3v) is 8.22. The van der Waals surface area contributed by atoms with E-state index in [1.165, 1.54) is 0 Å². The molecule has 56 valence electrons. The van der Waals surface area contributed by atoms with Crippen molar-refractivity contribution < 1.29 is 4.52 Å². The van der Waals surface area contributed by atoms with E-state index in [1.54, 1.807) is 18.5 Å². The Hall–Kier alpha value is 0.520. The molecular weight excluding hydrogens is 183 g/mol. The number of terminal acetylenes is 1. The fourth-order valence-corrected chi connectivity index (χ4v) is 6.42. The van der Waals surface area contributed by atoms with Gasteiger partial charge in [0.2, 0.25) is 0 Å². The van der Waals surface area contributed by atoms with Gasteiger partial charge < -0.3 is 4.52 Å². The van der Waals surface area contributed by atoms with Crippen molar-refractivity contribution >= 4 is 28.7 Å². The highest BCUT2D eigenvalue weighted by Gasteiger charge is 2.29. The zero-order valence-corrected chi connectivity index (χ0v) is 8.27. The summed E-state index contributed by atoms with van der Waals surface area (Å²) < 4.78 is 5.22. The van der Waals surface area contributed by atoms with Crippen molar-refractivity contribution in [1.29, 1.82) is 0 Å². The second-order valence-corrected chi connectivity index (χ2v) is 9.75. The van der Waals surface area contributed by atoms with Crippen LogP contribution in [0.5, 0.6) is 0 Å². The Morgan fingerprint density at radius 2 is 2.60 bits per heavy atom. The highest BCUT2D eigenvalue weighted by molar-refractivity contribution is 8.70. The van der Waals surface area contributed by atoms with E-state index >= 15 is 0 Å². The maximum absolute atomic E-state index is 5.27. The van der Waals surface area contributed by atoms with E-state index in [2.05, 4.69) is 5.92 Å². The van der Waals surface area contributed by atoms with Crippen LogP contribution in [0.3, 0.4) is 0 Å². The molecule has 0 saturated carbocycles. The molecule has 2 atom stereocenters. The third-order valence-electron chi connectivity index (χ3n) is 1.42. The molecule has 1 heterocycles. The summed E-state index contributed by atoms with van der Waals surface area (Å²) in [5.74, 6) is 2.70. The van der Waals surface area contributed by atoms with Crippen LogP contribution in [-0.4, -0.2) is 18.5 Å². The summed E-state index contributed by atoms with van der Waals surface area (Å²) in [5, 5.41) is 0.311. The van der Waals surface area contributed by atoms with Gasteiger partial charge in [-0.3, -0.25) is 0 Å². The van der Waals surface area contributed by atoms with Gasteiger partial charge in [0, 0.05) is 13.3 Å². The van der Waals surface area contributed by atoms with Crippen molar-refractivity contribution in [3.8, 4) is 12.3 Å². The topological polar surface area (TPSA) is 9.23 Å². The van der Waals surface area contributed by atoms with E-state index in [-0.39, 0.29) is 0 Å². The van der Waals surface area contributed by atoms with Gasteiger partial charge in [0.05, 0.1) is 5.25 Å². The molecule has 1 aliphatic heterocycles. The molecule has 0 aromatic rings. The van der Waals surface area contributed by atoms with Crippen molar-refractivity contribution in [2.75, 3.05) is 13.3 Å². The molecule has 0 spiro atoms. The lowest BCUT2D eigenvalue weighted by Crippen LogP contribution is -1.88. The Kier molecular flexibility index (Phi) is 2.82. The second kappa shape index (κ2) is 3.28. The average Bonchev–Trinajstić information content (AvgIpc) is 2.33. The predicted molar refractivity (Wildman–Crippen MR) is 51.0 cm³/mol. The number of hydrogen-bond acceptors (Lipinski definition) is 3. The second-order valence-electron chi connectivity index (χ2n) is 2.07. The largest absolute Gasteiger partial charge is 0.345 e. The molecule has 1 aliphatic rings. The van der Waals surface area contributed by atoms with Gasteiger partial charge in [-0.2, -0.15) is 0 Å². The molecule has 0 bridgehead atoms. The molecule has 0 radical (unpaired) electrons. The van der Waals surface area contributed by atoms with E-state index in [0.717, 1.165) is 12.6 Å². The van der Waals surface area contributed by atoms with Crippen molar-refractivity contribution in [2.24, 2.45) is 0 Å². The molecule has 0 N–H and O–H groups in total. The molecule has 10 heavy (non-hydrogen) atoms. The van der Waals surface area contributed by atoms with Crippen molar-refractivity contribution in [2.45, 2.75) is 11.7 Å². The minimum atomic E-state index is -1.52. The van der Waals surface area contributed by atoms with E-state index in [4.69, 9.17) is 22.8 Å². The fourth-order valence-electron chi connectivity index (χ4n) is 0.823. The zero-order chi connectivity index (χ0) is 7.61. The molecule has 0 amide bonds. The molecule has 0 aromatic carbocycles. The van der Waals surface area contributed by atoms with Crippen LogP contribution < -0.4 is 0 Å². The van der Waals surface area contributed by atoms with Gasteiger partial charge in [-0.15, -0.1) is 6.42 Å². The van der Waals surface area contributed by atoms with Crippen LogP contribution in [0.1, 0.15) is 6.42 Å². The summed E-state index contributed by atoms with van der Waals surface area (Å²) in [6.07, 6.45) is 7.29. The van der Waals surface area contributed by atoms with Gasteiger partial charge >= 0.3 is 0 Å². The van der Waals surface area contributed by atoms with Gasteiger partial charge in [0.25, 0.3) is 0 Å². The van der Waals surface area contributed by atoms with Crippen molar-refractivity contribution in [1.82, 2.24) is 0 Å². The Morgan fingerprint density at radius 3 is 2.90 bits per heavy atom. The first-order chi connectivity index (χ1) is 4.70. The maximum Gasteiger partial charge on any atom is 0.120 e. The van der Waals surface area contributed by atoms with Gasteiger partial charge in [0.15, 0.2) is 0 Å². The Labute approximate surface area is 70.7 Å². The smallest absolute Gasteiger partial charge is 0.120 e. The molecule has 4 heteroatoms. The minimum absolute atomic E-state index is 0.311. The molecule has 1 rings (SSSR count). The molecule has 2 unspecified atom stereocenters. The van der Waals surface area contributed by atoms with Gasteiger partial charge in [0.1, 0.15) is 5.47 Å². The van der Waals surface area contributed by atoms with Crippen LogP contribution >= 0.6 is 16.8 Å². The summed E-state index contributed by atoms with van der Waals surface area (Å²) in [6.45, 7) is 0. The van der Waals surface area contributed by atoms with E-state index in [9.17, 15) is 0 Å². The Balaban J connectivity index is 2.60. The Bertz CT molecular complexity index is 208. The summed E-state index contributed by atoms with van der Waals surface area (Å²) >= 11 is 6.95. The van der Waals surface area contributed by atoms with Gasteiger partial charge in [-0.1, -0.05) is 29.1 Å². The maximum atomic E-state index is 5.27. The molecule has 0 aromatic heterocycles. The third kappa shape index (κ3) is 1.77. The lowest BCUT2D eigenvalue weighted by molar-refractivity contribution is 0.471. The van der Waals surface area contributed by atoms with Crippen LogP contribution in [0.25, 0.3) is 0 Å². The SMILES string of the molecule is C#CC1CCP(=S)(OC)S1. The molecular formula is C6H9OPS2. The highest BCUT2D eigenvalue weighted by Crippen LogP contribution is 2.66. The molecule has 1 saturated heterocycles. The van der Waals surface area contributed by atoms with Crippen LogP contribution in [0.2, 0.25) is 0 Å². The Morgan fingerprint density at radius 1 is 1.90 bits per heavy atom. The summed E-state index contributed by atoms with van der Waals surface area (Å²) in [5.41, 5.74) is -1.52. The monoisotopic (exact) mass is 192 g/mol. The first kappa shape index (κ1) is 8.62. The lowest BCUT2D eigenvalue weighted by atomic mass is 10.3. The number of rotatable bonds is 1. The minimum Gasteiger partial charge on any atom is -0.345 e. The van der Waals surface area contributed by atoms with Crippen molar-refractivity contribution in [3.63, 3.8) is 0 Å². The lowest BCUT2D eigenvalue weighted by Gasteiger charge is -2.09. The average molecular weight is 192 g/mol. The molecule has 1 fully saturated rings. The fraction of sp³-hybridized carbons (Fsp3) is 0.667. The van der Waals surface area contributed by atoms with Gasteiger partial charge in [-0.05, 0) is 6.42 Å². The van der Waals surface area contributed by atoms with E-state index in [0.29, 0.717) is 5.25 Å². The summed E-state index contributed by atoms with van der Waals surface area (Å²) in [6, 6.07) is 0. The molecule has 0 aliphatic carbocycles. The van der Waals surface area contributed by atoms with Crippen molar-refractivity contribution in [3.05, 3.63) is 0 Å². The van der Waals surface area contributed by atoms with E-state index in [1.807, 2.05) is 0 Å². The summed E-state index contributed by atoms with van der Waals surface area (Å²) in [4.78, 5) is 0. The normalized spacial score (nSPS) is 39.4. The zero-order valence-electron chi connectivity index (χ0n) is 5.74. The predicted octanol–water partition coefficient (Wildman–Crippen LogP) is 2.08. The summed E-state index contributed by atoms with van der Waals surface area (Å²) in [7, 11) is 1.69. The highest BCUT2D eigenvalue weighted by atomic mass is 32.9. The first-order valence-corrected chi connectivity index (χ1v) is 7.38. The van der Waals surface area contributed by atoms with Gasteiger partial charge in [-0.25, -0.2) is 0 Å².